The van der Waals surface area contributed by atoms with Crippen LogP contribution in [-0.4, -0.2) is 35.5 Å². The summed E-state index contributed by atoms with van der Waals surface area (Å²) in [5.41, 5.74) is 2.07. The maximum atomic E-state index is 6.46. The topological polar surface area (TPSA) is 43.4 Å². The van der Waals surface area contributed by atoms with Crippen LogP contribution in [0.4, 0.5) is 0 Å². The second kappa shape index (κ2) is 12.3. The van der Waals surface area contributed by atoms with Crippen molar-refractivity contribution >= 4 is 36.9 Å². The van der Waals surface area contributed by atoms with Crippen LogP contribution < -0.4 is 18.1 Å². The minimum atomic E-state index is -2.88. The van der Waals surface area contributed by atoms with E-state index < -0.39 is 13.3 Å². The molecular formula is C29H38N2O4P2S2. The number of hydrogen-bond acceptors (Lipinski definition) is 6. The predicted molar refractivity (Wildman–Crippen MR) is 168 cm³/mol. The molecule has 2 unspecified atom stereocenters. The Balaban J connectivity index is 1.84. The van der Waals surface area contributed by atoms with Gasteiger partial charge in [0.1, 0.15) is 23.0 Å². The molecule has 6 nitrogen and oxygen atoms in total. The SMILES string of the molecule is CCN(CC)P1(=S)Oc2ccc(cc2)OP(=S)(N(CC)CC)Oc2ccc(cc2)C(C)(C)c2ccc(cc2)O1. The minimum Gasteiger partial charge on any atom is -0.424 e. The van der Waals surface area contributed by atoms with E-state index in [9.17, 15) is 0 Å². The number of rotatable bonds is 6. The summed E-state index contributed by atoms with van der Waals surface area (Å²) in [5, 5.41) is 0. The van der Waals surface area contributed by atoms with E-state index in [4.69, 9.17) is 41.7 Å². The Morgan fingerprint density at radius 3 is 0.974 bits per heavy atom. The lowest BCUT2D eigenvalue weighted by atomic mass is 9.78. The van der Waals surface area contributed by atoms with Gasteiger partial charge in [0.15, 0.2) is 0 Å². The number of nitrogens with zero attached hydrogens (tertiary/aromatic N) is 2. The summed E-state index contributed by atoms with van der Waals surface area (Å²) in [6.07, 6.45) is 0. The largest absolute Gasteiger partial charge is 0.424 e. The zero-order valence-electron chi connectivity index (χ0n) is 23.5. The highest BCUT2D eigenvalue weighted by Gasteiger charge is 2.32. The maximum Gasteiger partial charge on any atom is 0.367 e. The van der Waals surface area contributed by atoms with Gasteiger partial charge in [-0.3, -0.25) is 0 Å². The van der Waals surface area contributed by atoms with Crippen LogP contribution in [-0.2, 0) is 29.0 Å². The normalized spacial score (nSPS) is 22.4. The fourth-order valence-electron chi connectivity index (χ4n) is 4.53. The van der Waals surface area contributed by atoms with Crippen molar-refractivity contribution in [3.05, 3.63) is 83.9 Å². The van der Waals surface area contributed by atoms with Gasteiger partial charge in [0.05, 0.1) is 0 Å². The van der Waals surface area contributed by atoms with Crippen LogP contribution in [0.2, 0.25) is 0 Å². The molecule has 4 aliphatic heterocycles. The standard InChI is InChI=1S/C29H38N2O4P2S2/c1-7-30(8-2)36(38)32-25-15-11-23(12-16-25)29(5,6)24-13-17-26(18-14-24)33-37(39,31(9-3)10-4)35-28-21-19-27(34-36)20-22-28/h11-22H,7-10H2,1-6H3. The Morgan fingerprint density at radius 1 is 0.513 bits per heavy atom. The summed E-state index contributed by atoms with van der Waals surface area (Å²) in [5.74, 6) is 2.60. The summed E-state index contributed by atoms with van der Waals surface area (Å²) in [4.78, 5) is 0. The lowest BCUT2D eigenvalue weighted by molar-refractivity contribution is 0.364. The molecule has 10 heteroatoms. The molecule has 3 aromatic carbocycles. The summed E-state index contributed by atoms with van der Waals surface area (Å²) in [6, 6.07) is 23.7. The van der Waals surface area contributed by atoms with Crippen molar-refractivity contribution < 1.29 is 18.1 Å². The van der Waals surface area contributed by atoms with Crippen molar-refractivity contribution in [3.8, 4) is 23.0 Å². The van der Waals surface area contributed by atoms with Gasteiger partial charge in [-0.05, 0) is 59.7 Å². The molecule has 6 bridgehead atoms. The van der Waals surface area contributed by atoms with E-state index in [0.717, 1.165) is 11.1 Å². The molecule has 0 saturated heterocycles. The van der Waals surface area contributed by atoms with Crippen LogP contribution in [0, 0.1) is 0 Å². The molecule has 0 N–H and O–H groups in total. The van der Waals surface area contributed by atoms with Crippen molar-refractivity contribution in [3.63, 3.8) is 0 Å². The Kier molecular flexibility index (Phi) is 9.48. The Hall–Kier alpha value is -1.92. The zero-order chi connectivity index (χ0) is 28.3. The van der Waals surface area contributed by atoms with E-state index in [1.807, 2.05) is 48.5 Å². The highest BCUT2D eigenvalue weighted by atomic mass is 32.5. The first kappa shape index (κ1) is 30.0. The fraction of sp³-hybridized carbons (Fsp3) is 0.379. The third kappa shape index (κ3) is 6.53. The van der Waals surface area contributed by atoms with Crippen molar-refractivity contribution in [2.45, 2.75) is 47.0 Å². The fourth-order valence-corrected chi connectivity index (χ4v) is 10.4. The highest BCUT2D eigenvalue weighted by Crippen LogP contribution is 2.54. The van der Waals surface area contributed by atoms with E-state index in [0.29, 0.717) is 49.2 Å². The lowest BCUT2D eigenvalue weighted by Gasteiger charge is -2.33. The average molecular weight is 605 g/mol. The van der Waals surface area contributed by atoms with Crippen LogP contribution >= 0.6 is 13.3 Å². The average Bonchev–Trinajstić information content (AvgIpc) is 2.91. The van der Waals surface area contributed by atoms with Crippen molar-refractivity contribution in [1.82, 2.24) is 9.34 Å². The summed E-state index contributed by atoms with van der Waals surface area (Å²) in [6.45, 7) is 9.73. The van der Waals surface area contributed by atoms with Crippen LogP contribution in [0.1, 0.15) is 52.7 Å². The summed E-state index contributed by atoms with van der Waals surface area (Å²) < 4.78 is 29.9. The molecule has 0 aromatic heterocycles. The van der Waals surface area contributed by atoms with E-state index in [1.54, 1.807) is 0 Å². The van der Waals surface area contributed by atoms with Gasteiger partial charge >= 0.3 is 13.3 Å². The third-order valence-corrected chi connectivity index (χ3v) is 13.6. The number of hydrogen-bond donors (Lipinski definition) is 0. The molecule has 7 rings (SSSR count). The van der Waals surface area contributed by atoms with Gasteiger partial charge in [-0.1, -0.05) is 65.8 Å². The molecule has 0 fully saturated rings. The molecule has 0 radical (unpaired) electrons. The second-order valence-corrected chi connectivity index (χ2v) is 16.2. The highest BCUT2D eigenvalue weighted by molar-refractivity contribution is 8.09. The molecule has 4 aliphatic rings. The Labute approximate surface area is 243 Å². The molecule has 2 atom stereocenters. The predicted octanol–water partition coefficient (Wildman–Crippen LogP) is 8.37. The first-order valence-electron chi connectivity index (χ1n) is 13.4. The lowest BCUT2D eigenvalue weighted by Crippen LogP contribution is -2.25. The smallest absolute Gasteiger partial charge is 0.367 e. The van der Waals surface area contributed by atoms with Gasteiger partial charge in [0, 0.05) is 55.2 Å². The monoisotopic (exact) mass is 604 g/mol. The van der Waals surface area contributed by atoms with E-state index in [1.165, 1.54) is 0 Å². The van der Waals surface area contributed by atoms with Crippen molar-refractivity contribution in [1.29, 1.82) is 0 Å². The van der Waals surface area contributed by atoms with E-state index in [2.05, 4.69) is 75.1 Å². The Bertz CT molecular complexity index is 1240. The molecule has 0 saturated carbocycles. The quantitative estimate of drug-likeness (QED) is 0.260. The molecule has 39 heavy (non-hydrogen) atoms. The van der Waals surface area contributed by atoms with Crippen LogP contribution in [0.5, 0.6) is 23.0 Å². The first-order valence-corrected chi connectivity index (χ1v) is 18.6. The molecule has 210 valence electrons. The second-order valence-electron chi connectivity index (χ2n) is 9.73. The number of benzene rings is 3. The maximum absolute atomic E-state index is 6.46. The summed E-state index contributed by atoms with van der Waals surface area (Å²) >= 11 is 12.2. The molecule has 0 aliphatic carbocycles. The van der Waals surface area contributed by atoms with Gasteiger partial charge < -0.3 is 18.1 Å². The summed E-state index contributed by atoms with van der Waals surface area (Å²) in [7, 11) is 0. The van der Waals surface area contributed by atoms with Gasteiger partial charge in [-0.15, -0.1) is 0 Å². The van der Waals surface area contributed by atoms with E-state index in [-0.39, 0.29) is 5.41 Å². The minimum absolute atomic E-state index is 0.246. The van der Waals surface area contributed by atoms with Crippen molar-refractivity contribution in [2.24, 2.45) is 0 Å². The number of fused-ring (bicyclic) bond motifs is 3. The van der Waals surface area contributed by atoms with Gasteiger partial charge in [-0.2, -0.15) is 0 Å². The molecule has 3 aromatic rings. The van der Waals surface area contributed by atoms with Crippen LogP contribution in [0.3, 0.4) is 0 Å². The van der Waals surface area contributed by atoms with Gasteiger partial charge in [-0.25, -0.2) is 9.34 Å². The molecule has 4 heterocycles. The van der Waals surface area contributed by atoms with Gasteiger partial charge in [0.25, 0.3) is 0 Å². The Morgan fingerprint density at radius 2 is 0.744 bits per heavy atom. The van der Waals surface area contributed by atoms with Crippen LogP contribution in [0.15, 0.2) is 72.8 Å². The van der Waals surface area contributed by atoms with Crippen molar-refractivity contribution in [2.75, 3.05) is 26.2 Å². The molecule has 0 spiro atoms. The van der Waals surface area contributed by atoms with Gasteiger partial charge in [0.2, 0.25) is 0 Å². The van der Waals surface area contributed by atoms with E-state index >= 15 is 0 Å². The molecule has 0 amide bonds. The van der Waals surface area contributed by atoms with Crippen LogP contribution in [0.25, 0.3) is 0 Å². The zero-order valence-corrected chi connectivity index (χ0v) is 26.9. The molecular weight excluding hydrogens is 566 g/mol. The third-order valence-electron chi connectivity index (χ3n) is 7.01. The first-order chi connectivity index (χ1) is 18.6.